The highest BCUT2D eigenvalue weighted by atomic mass is 19.4. The smallest absolute Gasteiger partial charge is 0.417 e. The van der Waals surface area contributed by atoms with Gasteiger partial charge in [-0.15, -0.1) is 0 Å². The third kappa shape index (κ3) is 4.58. The first-order valence-corrected chi connectivity index (χ1v) is 8.17. The summed E-state index contributed by atoms with van der Waals surface area (Å²) in [6.07, 6.45) is -2.26. The molecule has 146 valence electrons. The van der Waals surface area contributed by atoms with Crippen molar-refractivity contribution in [3.8, 4) is 11.5 Å². The number of hydrogen-bond acceptors (Lipinski definition) is 5. The fraction of sp³-hybridized carbons (Fsp3) is 0.167. The van der Waals surface area contributed by atoms with Crippen molar-refractivity contribution < 1.29 is 22.4 Å². The fourth-order valence-electron chi connectivity index (χ4n) is 2.36. The van der Waals surface area contributed by atoms with E-state index in [2.05, 4.69) is 20.6 Å². The van der Waals surface area contributed by atoms with Gasteiger partial charge in [0.25, 0.3) is 11.5 Å². The zero-order chi connectivity index (χ0) is 20.1. The number of halogens is 3. The van der Waals surface area contributed by atoms with Gasteiger partial charge in [-0.2, -0.15) is 13.2 Å². The van der Waals surface area contributed by atoms with Gasteiger partial charge in [0.05, 0.1) is 17.5 Å². The molecule has 3 aromatic heterocycles. The van der Waals surface area contributed by atoms with Crippen LogP contribution in [0.5, 0.6) is 0 Å². The number of aromatic amines is 1. The highest BCUT2D eigenvalue weighted by molar-refractivity contribution is 5.94. The largest absolute Gasteiger partial charge is 0.463 e. The van der Waals surface area contributed by atoms with E-state index in [1.54, 1.807) is 18.2 Å². The lowest BCUT2D eigenvalue weighted by molar-refractivity contribution is -0.137. The van der Waals surface area contributed by atoms with Crippen LogP contribution in [0.4, 0.5) is 19.0 Å². The first kappa shape index (κ1) is 19.2. The second-order valence-corrected chi connectivity index (χ2v) is 5.70. The zero-order valence-electron chi connectivity index (χ0n) is 14.3. The van der Waals surface area contributed by atoms with Crippen LogP contribution < -0.4 is 16.2 Å². The van der Waals surface area contributed by atoms with Gasteiger partial charge >= 0.3 is 6.18 Å². The van der Waals surface area contributed by atoms with Crippen molar-refractivity contribution in [3.63, 3.8) is 0 Å². The van der Waals surface area contributed by atoms with Gasteiger partial charge in [0, 0.05) is 19.3 Å². The standard InChI is InChI=1S/C18H15F3N4O3/c19-18(20,21)11-3-6-15(24-10-11)22-7-8-23-16(26)12-4-5-13(25-17(12)27)14-2-1-9-28-14/h1-6,9-10H,7-8H2,(H,22,24)(H,23,26)(H,25,27). The van der Waals surface area contributed by atoms with E-state index in [1.807, 2.05) is 0 Å². The number of H-pyrrole nitrogens is 1. The van der Waals surface area contributed by atoms with Gasteiger partial charge < -0.3 is 20.0 Å². The molecule has 0 aromatic carbocycles. The molecule has 0 saturated heterocycles. The molecule has 0 spiro atoms. The van der Waals surface area contributed by atoms with Crippen molar-refractivity contribution in [3.05, 3.63) is 70.3 Å². The summed E-state index contributed by atoms with van der Waals surface area (Å²) in [7, 11) is 0. The molecule has 0 saturated carbocycles. The number of furan rings is 1. The molecule has 1 amide bonds. The van der Waals surface area contributed by atoms with E-state index in [-0.39, 0.29) is 24.5 Å². The molecular formula is C18H15F3N4O3. The van der Waals surface area contributed by atoms with Crippen molar-refractivity contribution >= 4 is 11.7 Å². The number of rotatable bonds is 6. The molecule has 7 nitrogen and oxygen atoms in total. The van der Waals surface area contributed by atoms with Crippen molar-refractivity contribution in [1.29, 1.82) is 0 Å². The molecular weight excluding hydrogens is 377 g/mol. The molecule has 28 heavy (non-hydrogen) atoms. The highest BCUT2D eigenvalue weighted by Crippen LogP contribution is 2.28. The molecule has 3 rings (SSSR count). The maximum Gasteiger partial charge on any atom is 0.417 e. The summed E-state index contributed by atoms with van der Waals surface area (Å²) in [6, 6.07) is 8.39. The lowest BCUT2D eigenvalue weighted by Gasteiger charge is -2.09. The monoisotopic (exact) mass is 392 g/mol. The molecule has 10 heteroatoms. The molecule has 0 fully saturated rings. The number of nitrogens with zero attached hydrogens (tertiary/aromatic N) is 1. The SMILES string of the molecule is O=C(NCCNc1ccc(C(F)(F)F)cn1)c1ccc(-c2ccco2)[nH]c1=O. The van der Waals surface area contributed by atoms with E-state index in [4.69, 9.17) is 4.42 Å². The number of amides is 1. The number of nitrogens with one attached hydrogen (secondary N) is 3. The number of pyridine rings is 2. The van der Waals surface area contributed by atoms with E-state index in [9.17, 15) is 22.8 Å². The topological polar surface area (TPSA) is 100 Å². The minimum absolute atomic E-state index is 0.0667. The number of hydrogen-bond donors (Lipinski definition) is 3. The predicted molar refractivity (Wildman–Crippen MR) is 94.8 cm³/mol. The first-order valence-electron chi connectivity index (χ1n) is 8.17. The van der Waals surface area contributed by atoms with Gasteiger partial charge in [0.1, 0.15) is 17.1 Å². The molecule has 0 aliphatic heterocycles. The van der Waals surface area contributed by atoms with E-state index in [0.717, 1.165) is 12.3 Å². The molecule has 0 aliphatic carbocycles. The number of alkyl halides is 3. The highest BCUT2D eigenvalue weighted by Gasteiger charge is 2.30. The lowest BCUT2D eigenvalue weighted by Crippen LogP contribution is -2.33. The quantitative estimate of drug-likeness (QED) is 0.560. The fourth-order valence-corrected chi connectivity index (χ4v) is 2.36. The average molecular weight is 392 g/mol. The van der Waals surface area contributed by atoms with E-state index in [1.165, 1.54) is 18.4 Å². The Hall–Kier alpha value is -3.56. The number of anilines is 1. The van der Waals surface area contributed by atoms with Crippen LogP contribution in [0.15, 0.2) is 58.1 Å². The summed E-state index contributed by atoms with van der Waals surface area (Å²) < 4.78 is 42.6. The van der Waals surface area contributed by atoms with Crippen LogP contribution in [0.2, 0.25) is 0 Å². The molecule has 0 aliphatic rings. The third-order valence-corrected chi connectivity index (χ3v) is 3.75. The van der Waals surface area contributed by atoms with Gasteiger partial charge in [-0.05, 0) is 36.4 Å². The van der Waals surface area contributed by atoms with Crippen molar-refractivity contribution in [1.82, 2.24) is 15.3 Å². The Morgan fingerprint density at radius 2 is 1.96 bits per heavy atom. The zero-order valence-corrected chi connectivity index (χ0v) is 14.3. The molecule has 0 unspecified atom stereocenters. The molecule has 3 heterocycles. The van der Waals surface area contributed by atoms with Crippen molar-refractivity contribution in [2.24, 2.45) is 0 Å². The summed E-state index contributed by atoms with van der Waals surface area (Å²) in [5, 5.41) is 5.33. The Morgan fingerprint density at radius 1 is 1.14 bits per heavy atom. The lowest BCUT2D eigenvalue weighted by atomic mass is 10.2. The number of aromatic nitrogens is 2. The summed E-state index contributed by atoms with van der Waals surface area (Å²) >= 11 is 0. The molecule has 0 bridgehead atoms. The van der Waals surface area contributed by atoms with Gasteiger partial charge in [-0.1, -0.05) is 0 Å². The van der Waals surface area contributed by atoms with Gasteiger partial charge in [0.2, 0.25) is 0 Å². The van der Waals surface area contributed by atoms with Gasteiger partial charge in [0.15, 0.2) is 0 Å². The maximum absolute atomic E-state index is 12.5. The summed E-state index contributed by atoms with van der Waals surface area (Å²) in [6.45, 7) is 0.355. The second-order valence-electron chi connectivity index (χ2n) is 5.70. The number of carbonyl (C=O) groups is 1. The van der Waals surface area contributed by atoms with Crippen LogP contribution in [0.1, 0.15) is 15.9 Å². The third-order valence-electron chi connectivity index (χ3n) is 3.75. The summed E-state index contributed by atoms with van der Waals surface area (Å²) in [5.41, 5.74) is -1.03. The Bertz CT molecular complexity index is 996. The molecule has 0 atom stereocenters. The van der Waals surface area contributed by atoms with Crippen LogP contribution in [0.25, 0.3) is 11.5 Å². The Kier molecular flexibility index (Phi) is 5.48. The van der Waals surface area contributed by atoms with E-state index in [0.29, 0.717) is 11.5 Å². The summed E-state index contributed by atoms with van der Waals surface area (Å²) in [5.74, 6) is 0.134. The van der Waals surface area contributed by atoms with Gasteiger partial charge in [-0.25, -0.2) is 4.98 Å². The molecule has 3 N–H and O–H groups in total. The van der Waals surface area contributed by atoms with Crippen LogP contribution in [0, 0.1) is 0 Å². The normalized spacial score (nSPS) is 11.2. The van der Waals surface area contributed by atoms with Gasteiger partial charge in [-0.3, -0.25) is 9.59 Å². The van der Waals surface area contributed by atoms with Crippen LogP contribution in [-0.2, 0) is 6.18 Å². The van der Waals surface area contributed by atoms with Crippen LogP contribution in [0.3, 0.4) is 0 Å². The molecule has 3 aromatic rings. The maximum atomic E-state index is 12.5. The Labute approximate surface area is 156 Å². The van der Waals surface area contributed by atoms with E-state index < -0.39 is 23.2 Å². The minimum atomic E-state index is -4.45. The Balaban J connectivity index is 1.51. The van der Waals surface area contributed by atoms with E-state index >= 15 is 0 Å². The van der Waals surface area contributed by atoms with Crippen molar-refractivity contribution in [2.45, 2.75) is 6.18 Å². The first-order chi connectivity index (χ1) is 13.3. The number of carbonyl (C=O) groups excluding carboxylic acids is 1. The van der Waals surface area contributed by atoms with Crippen LogP contribution in [-0.4, -0.2) is 29.0 Å². The average Bonchev–Trinajstić information content (AvgIpc) is 3.19. The Morgan fingerprint density at radius 3 is 2.57 bits per heavy atom. The minimum Gasteiger partial charge on any atom is -0.463 e. The van der Waals surface area contributed by atoms with Crippen molar-refractivity contribution in [2.75, 3.05) is 18.4 Å². The summed E-state index contributed by atoms with van der Waals surface area (Å²) in [4.78, 5) is 30.4. The van der Waals surface area contributed by atoms with Crippen LogP contribution >= 0.6 is 0 Å². The second kappa shape index (κ2) is 7.99. The molecule has 0 radical (unpaired) electrons. The predicted octanol–water partition coefficient (Wildman–Crippen LogP) is 2.89.